The van der Waals surface area contributed by atoms with Gasteiger partial charge in [-0.2, -0.15) is 0 Å². The zero-order valence-electron chi connectivity index (χ0n) is 19.7. The molecule has 1 aromatic heterocycles. The van der Waals surface area contributed by atoms with Crippen molar-refractivity contribution in [3.05, 3.63) is 42.3 Å². The second kappa shape index (κ2) is 11.5. The van der Waals surface area contributed by atoms with E-state index in [1.807, 2.05) is 4.90 Å². The second-order valence-corrected chi connectivity index (χ2v) is 8.52. The van der Waals surface area contributed by atoms with Gasteiger partial charge in [0.05, 0.1) is 19.9 Å². The number of guanidine groups is 1. The zero-order chi connectivity index (χ0) is 24.6. The molecule has 35 heavy (non-hydrogen) atoms. The van der Waals surface area contributed by atoms with Crippen molar-refractivity contribution < 1.29 is 23.6 Å². The number of likely N-dealkylation sites (tertiary alicyclic amines) is 2. The van der Waals surface area contributed by atoms with Crippen LogP contribution >= 0.6 is 0 Å². The average molecular weight is 483 g/mol. The third-order valence-corrected chi connectivity index (χ3v) is 6.07. The first kappa shape index (κ1) is 24.2. The largest absolute Gasteiger partial charge is 0.497 e. The molecule has 2 aliphatic rings. The van der Waals surface area contributed by atoms with E-state index < -0.39 is 11.9 Å². The molecule has 1 aromatic carbocycles. The van der Waals surface area contributed by atoms with Crippen LogP contribution in [0.4, 0.5) is 5.69 Å². The molecule has 3 heterocycles. The van der Waals surface area contributed by atoms with Gasteiger partial charge < -0.3 is 24.4 Å². The van der Waals surface area contributed by atoms with Gasteiger partial charge in [0.1, 0.15) is 11.8 Å². The molecule has 0 saturated carbocycles. The first-order valence-corrected chi connectivity index (χ1v) is 11.8. The number of aromatic nitrogens is 1. The number of benzene rings is 1. The third kappa shape index (κ3) is 6.37. The van der Waals surface area contributed by atoms with E-state index in [9.17, 15) is 14.4 Å². The van der Waals surface area contributed by atoms with Gasteiger partial charge >= 0.3 is 0 Å². The number of aliphatic imine (C=N–C) groups is 1. The lowest BCUT2D eigenvalue weighted by atomic mass is 10.1. The maximum atomic E-state index is 13.3. The number of carbonyl (C=O) groups is 3. The molecule has 0 radical (unpaired) electrons. The van der Waals surface area contributed by atoms with Crippen molar-refractivity contribution in [1.82, 2.24) is 20.3 Å². The Morgan fingerprint density at radius 3 is 2.54 bits per heavy atom. The van der Waals surface area contributed by atoms with Crippen molar-refractivity contribution in [2.75, 3.05) is 38.6 Å². The SMILES string of the molecule is COc1ccc(NC(=NC2CCCCN(CC(=O)N3CCCC3)C2=O)NC(=O)c2ccno2)cc1. The molecule has 186 valence electrons. The Labute approximate surface area is 203 Å². The Balaban J connectivity index is 1.53. The minimum absolute atomic E-state index is 0.0132. The van der Waals surface area contributed by atoms with Gasteiger partial charge in [0.25, 0.3) is 5.91 Å². The van der Waals surface area contributed by atoms with E-state index in [1.165, 1.54) is 12.3 Å². The van der Waals surface area contributed by atoms with Crippen LogP contribution in [0.5, 0.6) is 5.75 Å². The standard InChI is InChI=1S/C24H30N6O5/c1-34-18-9-7-17(8-10-18)26-24(28-22(32)20-11-12-25-35-20)27-19-6-2-3-15-30(23(19)33)16-21(31)29-13-4-5-14-29/h7-12,19H,2-6,13-16H2,1H3,(H2,26,27,28,32). The molecule has 2 aliphatic heterocycles. The Kier molecular flexibility index (Phi) is 7.96. The fourth-order valence-electron chi connectivity index (χ4n) is 4.16. The van der Waals surface area contributed by atoms with E-state index in [4.69, 9.17) is 9.26 Å². The van der Waals surface area contributed by atoms with Gasteiger partial charge in [0.15, 0.2) is 0 Å². The van der Waals surface area contributed by atoms with E-state index >= 15 is 0 Å². The maximum Gasteiger partial charge on any atom is 0.296 e. The van der Waals surface area contributed by atoms with Crippen LogP contribution in [0, 0.1) is 0 Å². The summed E-state index contributed by atoms with van der Waals surface area (Å²) in [6.45, 7) is 2.05. The van der Waals surface area contributed by atoms with Crippen molar-refractivity contribution in [2.45, 2.75) is 38.1 Å². The van der Waals surface area contributed by atoms with Gasteiger partial charge in [0, 0.05) is 31.4 Å². The third-order valence-electron chi connectivity index (χ3n) is 6.07. The lowest BCUT2D eigenvalue weighted by molar-refractivity contribution is -0.140. The molecular weight excluding hydrogens is 452 g/mol. The summed E-state index contributed by atoms with van der Waals surface area (Å²) < 4.78 is 10.1. The highest BCUT2D eigenvalue weighted by atomic mass is 16.5. The number of rotatable bonds is 6. The van der Waals surface area contributed by atoms with Crippen LogP contribution in [-0.2, 0) is 9.59 Å². The summed E-state index contributed by atoms with van der Waals surface area (Å²) in [6.07, 6.45) is 5.44. The number of amides is 3. The van der Waals surface area contributed by atoms with Crippen LogP contribution in [-0.4, -0.2) is 78.0 Å². The number of hydrogen-bond acceptors (Lipinski definition) is 7. The summed E-state index contributed by atoms with van der Waals surface area (Å²) in [5.41, 5.74) is 0.643. The molecule has 2 saturated heterocycles. The molecule has 2 N–H and O–H groups in total. The summed E-state index contributed by atoms with van der Waals surface area (Å²) in [5.74, 6) is -0.0167. The molecule has 3 amide bonds. The van der Waals surface area contributed by atoms with Gasteiger partial charge in [-0.05, 0) is 56.4 Å². The van der Waals surface area contributed by atoms with Crippen LogP contribution in [0.3, 0.4) is 0 Å². The fourth-order valence-corrected chi connectivity index (χ4v) is 4.16. The van der Waals surface area contributed by atoms with Crippen LogP contribution < -0.4 is 15.4 Å². The zero-order valence-corrected chi connectivity index (χ0v) is 19.7. The van der Waals surface area contributed by atoms with Crippen molar-refractivity contribution in [3.63, 3.8) is 0 Å². The van der Waals surface area contributed by atoms with E-state index in [0.717, 1.165) is 38.8 Å². The molecule has 11 nitrogen and oxygen atoms in total. The van der Waals surface area contributed by atoms with Gasteiger partial charge in [0.2, 0.25) is 23.5 Å². The minimum Gasteiger partial charge on any atom is -0.497 e. The number of carbonyl (C=O) groups excluding carboxylic acids is 3. The van der Waals surface area contributed by atoms with Crippen LogP contribution in [0.25, 0.3) is 0 Å². The maximum absolute atomic E-state index is 13.3. The van der Waals surface area contributed by atoms with Gasteiger partial charge in [-0.3, -0.25) is 19.7 Å². The number of nitrogens with zero attached hydrogens (tertiary/aromatic N) is 4. The number of ether oxygens (including phenoxy) is 1. The van der Waals surface area contributed by atoms with Crippen LogP contribution in [0.2, 0.25) is 0 Å². The summed E-state index contributed by atoms with van der Waals surface area (Å²) in [4.78, 5) is 46.6. The molecule has 1 atom stereocenters. The summed E-state index contributed by atoms with van der Waals surface area (Å²) in [7, 11) is 1.57. The molecule has 0 spiro atoms. The van der Waals surface area contributed by atoms with Crippen LogP contribution in [0.1, 0.15) is 42.7 Å². The van der Waals surface area contributed by atoms with Gasteiger partial charge in [-0.1, -0.05) is 5.16 Å². The summed E-state index contributed by atoms with van der Waals surface area (Å²) in [5, 5.41) is 9.30. The first-order chi connectivity index (χ1) is 17.0. The number of hydrogen-bond donors (Lipinski definition) is 2. The van der Waals surface area contributed by atoms with Crippen molar-refractivity contribution >= 4 is 29.4 Å². The Morgan fingerprint density at radius 1 is 1.11 bits per heavy atom. The van der Waals surface area contributed by atoms with E-state index in [1.54, 1.807) is 36.3 Å². The molecule has 4 rings (SSSR count). The lowest BCUT2D eigenvalue weighted by Crippen LogP contribution is -2.45. The van der Waals surface area contributed by atoms with Gasteiger partial charge in [-0.15, -0.1) is 0 Å². The summed E-state index contributed by atoms with van der Waals surface area (Å²) in [6, 6.07) is 7.76. The monoisotopic (exact) mass is 482 g/mol. The molecule has 0 aliphatic carbocycles. The first-order valence-electron chi connectivity index (χ1n) is 11.8. The smallest absolute Gasteiger partial charge is 0.296 e. The highest BCUT2D eigenvalue weighted by Gasteiger charge is 2.30. The predicted molar refractivity (Wildman–Crippen MR) is 128 cm³/mol. The Bertz CT molecular complexity index is 1050. The van der Waals surface area contributed by atoms with Crippen molar-refractivity contribution in [2.24, 2.45) is 4.99 Å². The van der Waals surface area contributed by atoms with Crippen molar-refractivity contribution in [3.8, 4) is 5.75 Å². The summed E-state index contributed by atoms with van der Waals surface area (Å²) >= 11 is 0. The molecule has 2 aromatic rings. The van der Waals surface area contributed by atoms with E-state index in [-0.39, 0.29) is 30.1 Å². The highest BCUT2D eigenvalue weighted by molar-refractivity contribution is 6.09. The molecule has 2 fully saturated rings. The van der Waals surface area contributed by atoms with E-state index in [0.29, 0.717) is 24.4 Å². The Morgan fingerprint density at radius 2 is 1.86 bits per heavy atom. The average Bonchev–Trinajstić information content (AvgIpc) is 3.57. The Hall–Kier alpha value is -3.89. The molecule has 11 heteroatoms. The fraction of sp³-hybridized carbons (Fsp3) is 0.458. The quantitative estimate of drug-likeness (QED) is 0.475. The second-order valence-electron chi connectivity index (χ2n) is 8.52. The van der Waals surface area contributed by atoms with Crippen LogP contribution in [0.15, 0.2) is 46.0 Å². The molecular formula is C24H30N6O5. The van der Waals surface area contributed by atoms with Gasteiger partial charge in [-0.25, -0.2) is 4.99 Å². The number of anilines is 1. The highest BCUT2D eigenvalue weighted by Crippen LogP contribution is 2.18. The number of methoxy groups -OCH3 is 1. The van der Waals surface area contributed by atoms with Crippen molar-refractivity contribution in [1.29, 1.82) is 0 Å². The number of nitrogens with one attached hydrogen (secondary N) is 2. The normalized spacial score (nSPS) is 18.8. The lowest BCUT2D eigenvalue weighted by Gasteiger charge is -2.25. The molecule has 0 bridgehead atoms. The predicted octanol–water partition coefficient (Wildman–Crippen LogP) is 1.88. The minimum atomic E-state index is -0.736. The van der Waals surface area contributed by atoms with E-state index in [2.05, 4.69) is 20.8 Å². The topological polar surface area (TPSA) is 129 Å². The molecule has 1 unspecified atom stereocenters.